The first-order valence-electron chi connectivity index (χ1n) is 5.90. The normalized spacial score (nSPS) is 21.2. The van der Waals surface area contributed by atoms with Crippen LogP contribution in [0.25, 0.3) is 0 Å². The molecular formula is C13H20N2O. The standard InChI is InChI=1S/C13H20N2O/c1-10-3-4-13(12(7-10)9-16)15-6-5-14-8-11(15)2/h3-4,7,11,14,16H,5-6,8-9H2,1-2H3/t11-/m1/s1. The van der Waals surface area contributed by atoms with E-state index in [4.69, 9.17) is 0 Å². The predicted molar refractivity (Wildman–Crippen MR) is 66.8 cm³/mol. The Balaban J connectivity index is 2.30. The van der Waals surface area contributed by atoms with Crippen molar-refractivity contribution in [2.75, 3.05) is 24.5 Å². The van der Waals surface area contributed by atoms with Crippen molar-refractivity contribution >= 4 is 5.69 Å². The minimum absolute atomic E-state index is 0.119. The van der Waals surface area contributed by atoms with Gasteiger partial charge in [-0.15, -0.1) is 0 Å². The molecule has 1 aliphatic heterocycles. The number of benzene rings is 1. The molecular weight excluding hydrogens is 200 g/mol. The van der Waals surface area contributed by atoms with Crippen molar-refractivity contribution in [1.29, 1.82) is 0 Å². The minimum Gasteiger partial charge on any atom is -0.392 e. The van der Waals surface area contributed by atoms with Gasteiger partial charge in [-0.3, -0.25) is 0 Å². The van der Waals surface area contributed by atoms with Crippen LogP contribution in [-0.2, 0) is 6.61 Å². The van der Waals surface area contributed by atoms with Gasteiger partial charge in [0.2, 0.25) is 0 Å². The van der Waals surface area contributed by atoms with Crippen molar-refractivity contribution in [3.63, 3.8) is 0 Å². The van der Waals surface area contributed by atoms with E-state index in [0.717, 1.165) is 25.2 Å². The van der Waals surface area contributed by atoms with Crippen LogP contribution in [0.5, 0.6) is 0 Å². The van der Waals surface area contributed by atoms with E-state index in [9.17, 15) is 5.11 Å². The number of anilines is 1. The summed E-state index contributed by atoms with van der Waals surface area (Å²) in [5.41, 5.74) is 3.42. The zero-order chi connectivity index (χ0) is 11.5. The van der Waals surface area contributed by atoms with Crippen molar-refractivity contribution in [1.82, 2.24) is 5.32 Å². The van der Waals surface area contributed by atoms with Crippen LogP contribution in [0.4, 0.5) is 5.69 Å². The molecule has 1 fully saturated rings. The van der Waals surface area contributed by atoms with E-state index in [0.29, 0.717) is 6.04 Å². The average Bonchev–Trinajstić information content (AvgIpc) is 2.30. The maximum absolute atomic E-state index is 9.42. The molecule has 0 unspecified atom stereocenters. The van der Waals surface area contributed by atoms with Gasteiger partial charge in [0.1, 0.15) is 0 Å². The summed E-state index contributed by atoms with van der Waals surface area (Å²) in [4.78, 5) is 2.38. The molecule has 0 radical (unpaired) electrons. The van der Waals surface area contributed by atoms with E-state index in [2.05, 4.69) is 42.3 Å². The second kappa shape index (κ2) is 4.85. The van der Waals surface area contributed by atoms with Gasteiger partial charge in [-0.2, -0.15) is 0 Å². The van der Waals surface area contributed by atoms with Gasteiger partial charge in [-0.05, 0) is 19.9 Å². The number of hydrogen-bond acceptors (Lipinski definition) is 3. The third-order valence-electron chi connectivity index (χ3n) is 3.22. The molecule has 1 atom stereocenters. The van der Waals surface area contributed by atoms with Crippen molar-refractivity contribution < 1.29 is 5.11 Å². The first kappa shape index (κ1) is 11.4. The lowest BCUT2D eigenvalue weighted by atomic mass is 10.1. The first-order chi connectivity index (χ1) is 7.72. The predicted octanol–water partition coefficient (Wildman–Crippen LogP) is 1.29. The van der Waals surface area contributed by atoms with Crippen molar-refractivity contribution in [2.24, 2.45) is 0 Å². The summed E-state index contributed by atoms with van der Waals surface area (Å²) < 4.78 is 0. The molecule has 3 heteroatoms. The highest BCUT2D eigenvalue weighted by Crippen LogP contribution is 2.24. The van der Waals surface area contributed by atoms with Gasteiger partial charge in [0, 0.05) is 36.9 Å². The molecule has 0 bridgehead atoms. The fourth-order valence-electron chi connectivity index (χ4n) is 2.32. The lowest BCUT2D eigenvalue weighted by Gasteiger charge is -2.37. The molecule has 0 aliphatic carbocycles. The molecule has 2 rings (SSSR count). The Morgan fingerprint density at radius 3 is 3.00 bits per heavy atom. The van der Waals surface area contributed by atoms with E-state index in [1.807, 2.05) is 0 Å². The highest BCUT2D eigenvalue weighted by atomic mass is 16.3. The Hall–Kier alpha value is -1.06. The molecule has 1 saturated heterocycles. The summed E-state index contributed by atoms with van der Waals surface area (Å²) in [5, 5.41) is 12.8. The van der Waals surface area contributed by atoms with Gasteiger partial charge in [0.15, 0.2) is 0 Å². The van der Waals surface area contributed by atoms with Crippen molar-refractivity contribution in [3.05, 3.63) is 29.3 Å². The number of aliphatic hydroxyl groups excluding tert-OH is 1. The number of nitrogens with zero attached hydrogens (tertiary/aromatic N) is 1. The van der Waals surface area contributed by atoms with E-state index in [-0.39, 0.29) is 6.61 Å². The van der Waals surface area contributed by atoms with Crippen LogP contribution in [-0.4, -0.2) is 30.8 Å². The highest BCUT2D eigenvalue weighted by molar-refractivity contribution is 5.55. The summed E-state index contributed by atoms with van der Waals surface area (Å²) in [7, 11) is 0. The number of aryl methyl sites for hydroxylation is 1. The monoisotopic (exact) mass is 220 g/mol. The Morgan fingerprint density at radius 2 is 2.31 bits per heavy atom. The van der Waals surface area contributed by atoms with Crippen LogP contribution >= 0.6 is 0 Å². The maximum Gasteiger partial charge on any atom is 0.0702 e. The maximum atomic E-state index is 9.42. The van der Waals surface area contributed by atoms with Crippen LogP contribution < -0.4 is 10.2 Å². The van der Waals surface area contributed by atoms with E-state index in [1.54, 1.807) is 0 Å². The summed E-state index contributed by atoms with van der Waals surface area (Å²) in [6.07, 6.45) is 0. The minimum atomic E-state index is 0.119. The molecule has 1 heterocycles. The van der Waals surface area contributed by atoms with Gasteiger partial charge < -0.3 is 15.3 Å². The molecule has 0 amide bonds. The van der Waals surface area contributed by atoms with Crippen LogP contribution in [0, 0.1) is 6.92 Å². The largest absolute Gasteiger partial charge is 0.392 e. The quantitative estimate of drug-likeness (QED) is 0.788. The Kier molecular flexibility index (Phi) is 3.46. The van der Waals surface area contributed by atoms with Crippen LogP contribution in [0.15, 0.2) is 18.2 Å². The second-order valence-corrected chi connectivity index (χ2v) is 4.54. The lowest BCUT2D eigenvalue weighted by molar-refractivity contribution is 0.281. The molecule has 0 aromatic heterocycles. The zero-order valence-electron chi connectivity index (χ0n) is 10.0. The van der Waals surface area contributed by atoms with Gasteiger partial charge in [0.25, 0.3) is 0 Å². The summed E-state index contributed by atoms with van der Waals surface area (Å²) >= 11 is 0. The summed E-state index contributed by atoms with van der Waals surface area (Å²) in [6, 6.07) is 6.80. The molecule has 1 aromatic carbocycles. The Bertz CT molecular complexity index is 365. The van der Waals surface area contributed by atoms with Gasteiger partial charge >= 0.3 is 0 Å². The summed E-state index contributed by atoms with van der Waals surface area (Å²) in [5.74, 6) is 0. The molecule has 3 nitrogen and oxygen atoms in total. The van der Waals surface area contributed by atoms with Crippen molar-refractivity contribution in [2.45, 2.75) is 26.5 Å². The van der Waals surface area contributed by atoms with Gasteiger partial charge in [-0.25, -0.2) is 0 Å². The topological polar surface area (TPSA) is 35.5 Å². The zero-order valence-corrected chi connectivity index (χ0v) is 10.0. The number of aliphatic hydroxyl groups is 1. The van der Waals surface area contributed by atoms with Crippen molar-refractivity contribution in [3.8, 4) is 0 Å². The van der Waals surface area contributed by atoms with Crippen LogP contribution in [0.2, 0.25) is 0 Å². The molecule has 1 aromatic rings. The number of hydrogen-bond donors (Lipinski definition) is 2. The third-order valence-corrected chi connectivity index (χ3v) is 3.22. The van der Waals surface area contributed by atoms with E-state index >= 15 is 0 Å². The fourth-order valence-corrected chi connectivity index (χ4v) is 2.32. The Morgan fingerprint density at radius 1 is 1.50 bits per heavy atom. The smallest absolute Gasteiger partial charge is 0.0702 e. The Labute approximate surface area is 97.1 Å². The first-order valence-corrected chi connectivity index (χ1v) is 5.90. The summed E-state index contributed by atoms with van der Waals surface area (Å²) in [6.45, 7) is 7.43. The molecule has 2 N–H and O–H groups in total. The van der Waals surface area contributed by atoms with Gasteiger partial charge in [-0.1, -0.05) is 17.7 Å². The molecule has 1 aliphatic rings. The number of piperazine rings is 1. The SMILES string of the molecule is Cc1ccc(N2CCNC[C@H]2C)c(CO)c1. The van der Waals surface area contributed by atoms with Gasteiger partial charge in [0.05, 0.1) is 6.61 Å². The number of nitrogens with one attached hydrogen (secondary N) is 1. The average molecular weight is 220 g/mol. The second-order valence-electron chi connectivity index (χ2n) is 4.54. The van der Waals surface area contributed by atoms with E-state index in [1.165, 1.54) is 11.3 Å². The molecule has 16 heavy (non-hydrogen) atoms. The molecule has 0 saturated carbocycles. The number of rotatable bonds is 2. The highest BCUT2D eigenvalue weighted by Gasteiger charge is 2.20. The van der Waals surface area contributed by atoms with Crippen LogP contribution in [0.1, 0.15) is 18.1 Å². The third kappa shape index (κ3) is 2.20. The lowest BCUT2D eigenvalue weighted by Crippen LogP contribution is -2.50. The molecule has 88 valence electrons. The molecule has 0 spiro atoms. The fraction of sp³-hybridized carbons (Fsp3) is 0.538. The van der Waals surface area contributed by atoms with Crippen LogP contribution in [0.3, 0.4) is 0 Å². The van der Waals surface area contributed by atoms with E-state index < -0.39 is 0 Å².